The van der Waals surface area contributed by atoms with Crippen molar-refractivity contribution in [2.24, 2.45) is 11.8 Å². The molecule has 0 aliphatic heterocycles. The molecule has 2 atom stereocenters. The molecule has 0 saturated heterocycles. The summed E-state index contributed by atoms with van der Waals surface area (Å²) in [5.74, 6) is -1.29. The second-order valence-corrected chi connectivity index (χ2v) is 5.30. The number of amides is 1. The monoisotopic (exact) mass is 279 g/mol. The van der Waals surface area contributed by atoms with Crippen LogP contribution in [0.2, 0.25) is 0 Å². The number of phenols is 1. The number of carboxylic acids is 1. The Labute approximate surface area is 118 Å². The first-order valence-electron chi connectivity index (χ1n) is 6.62. The van der Waals surface area contributed by atoms with Crippen LogP contribution in [0.25, 0.3) is 0 Å². The van der Waals surface area contributed by atoms with Gasteiger partial charge in [-0.1, -0.05) is 32.9 Å². The van der Waals surface area contributed by atoms with Crippen LogP contribution in [0.15, 0.2) is 24.3 Å². The van der Waals surface area contributed by atoms with E-state index in [-0.39, 0.29) is 29.9 Å². The largest absolute Gasteiger partial charge is 0.508 e. The number of phenolic OH excluding ortho intramolecular Hbond substituents is 1. The number of carboxylic acid groups (broad SMARTS) is 1. The zero-order chi connectivity index (χ0) is 15.3. The van der Waals surface area contributed by atoms with Crippen LogP contribution >= 0.6 is 0 Å². The number of rotatable bonds is 6. The quantitative estimate of drug-likeness (QED) is 0.741. The molecule has 0 aliphatic carbocycles. The van der Waals surface area contributed by atoms with Gasteiger partial charge in [0.25, 0.3) is 0 Å². The molecule has 3 N–H and O–H groups in total. The molecule has 0 aromatic heterocycles. The Hall–Kier alpha value is -2.04. The number of nitrogens with one attached hydrogen (secondary N) is 1. The molecule has 0 saturated carbocycles. The summed E-state index contributed by atoms with van der Waals surface area (Å²) in [4.78, 5) is 23.2. The van der Waals surface area contributed by atoms with Crippen LogP contribution in [0.5, 0.6) is 5.75 Å². The third-order valence-corrected chi connectivity index (χ3v) is 3.40. The molecule has 0 bridgehead atoms. The summed E-state index contributed by atoms with van der Waals surface area (Å²) in [7, 11) is 0. The zero-order valence-electron chi connectivity index (χ0n) is 12.0. The molecule has 1 aromatic rings. The number of carbonyl (C=O) groups is 2. The fraction of sp³-hybridized carbons (Fsp3) is 0.467. The van der Waals surface area contributed by atoms with Gasteiger partial charge in [0, 0.05) is 12.3 Å². The fourth-order valence-electron chi connectivity index (χ4n) is 1.67. The van der Waals surface area contributed by atoms with Crippen LogP contribution in [0, 0.1) is 11.8 Å². The summed E-state index contributed by atoms with van der Waals surface area (Å²) in [5.41, 5.74) is 0.743. The smallest absolute Gasteiger partial charge is 0.326 e. The molecule has 0 radical (unpaired) electrons. The highest BCUT2D eigenvalue weighted by Gasteiger charge is 2.24. The van der Waals surface area contributed by atoms with E-state index in [0.29, 0.717) is 0 Å². The summed E-state index contributed by atoms with van der Waals surface area (Å²) in [6, 6.07) is 5.31. The molecule has 0 spiro atoms. The van der Waals surface area contributed by atoms with Gasteiger partial charge in [-0.3, -0.25) is 4.79 Å². The minimum absolute atomic E-state index is 0.123. The first-order chi connectivity index (χ1) is 9.31. The Morgan fingerprint density at radius 1 is 1.15 bits per heavy atom. The van der Waals surface area contributed by atoms with Gasteiger partial charge < -0.3 is 15.5 Å². The number of carbonyl (C=O) groups excluding carboxylic acids is 1. The van der Waals surface area contributed by atoms with Crippen molar-refractivity contribution < 1.29 is 19.8 Å². The van der Waals surface area contributed by atoms with Gasteiger partial charge in [-0.2, -0.15) is 0 Å². The molecule has 20 heavy (non-hydrogen) atoms. The van der Waals surface area contributed by atoms with Crippen molar-refractivity contribution in [1.82, 2.24) is 5.32 Å². The molecule has 0 heterocycles. The Balaban J connectivity index is 2.72. The van der Waals surface area contributed by atoms with Gasteiger partial charge in [0.2, 0.25) is 5.91 Å². The van der Waals surface area contributed by atoms with Crippen LogP contribution < -0.4 is 5.32 Å². The van der Waals surface area contributed by atoms with Crippen LogP contribution in [0.4, 0.5) is 0 Å². The first-order valence-corrected chi connectivity index (χ1v) is 6.62. The molecule has 5 heteroatoms. The molecule has 1 aromatic carbocycles. The average Bonchev–Trinajstić information content (AvgIpc) is 2.39. The highest BCUT2D eigenvalue weighted by atomic mass is 16.4. The standard InChI is InChI=1S/C15H21NO4/c1-9(2)10(3)14(18)16-13(15(19)20)8-11-4-6-12(17)7-5-11/h4-7,9-10,13,17H,8H2,1-3H3,(H,16,18)(H,19,20)/t10?,13-/m0/s1. The Morgan fingerprint density at radius 3 is 2.15 bits per heavy atom. The molecule has 110 valence electrons. The summed E-state index contributed by atoms with van der Waals surface area (Å²) >= 11 is 0. The lowest BCUT2D eigenvalue weighted by Crippen LogP contribution is -2.45. The topological polar surface area (TPSA) is 86.6 Å². The molecule has 1 rings (SSSR count). The van der Waals surface area contributed by atoms with Crippen LogP contribution in [0.3, 0.4) is 0 Å². The minimum Gasteiger partial charge on any atom is -0.508 e. The molecule has 1 amide bonds. The van der Waals surface area contributed by atoms with Crippen molar-refractivity contribution in [2.75, 3.05) is 0 Å². The second kappa shape index (κ2) is 6.93. The van der Waals surface area contributed by atoms with Crippen LogP contribution in [-0.2, 0) is 16.0 Å². The third kappa shape index (κ3) is 4.57. The zero-order valence-corrected chi connectivity index (χ0v) is 12.0. The van der Waals surface area contributed by atoms with E-state index in [1.807, 2.05) is 13.8 Å². The molecule has 1 unspecified atom stereocenters. The molecule has 0 aliphatic rings. The van der Waals surface area contributed by atoms with E-state index in [0.717, 1.165) is 5.56 Å². The fourth-order valence-corrected chi connectivity index (χ4v) is 1.67. The highest BCUT2D eigenvalue weighted by Crippen LogP contribution is 2.13. The SMILES string of the molecule is CC(C)C(C)C(=O)N[C@@H](Cc1ccc(O)cc1)C(=O)O. The van der Waals surface area contributed by atoms with E-state index in [9.17, 15) is 19.8 Å². The minimum atomic E-state index is -1.07. The maximum atomic E-state index is 11.9. The lowest BCUT2D eigenvalue weighted by Gasteiger charge is -2.20. The number of aromatic hydroxyl groups is 1. The second-order valence-electron chi connectivity index (χ2n) is 5.30. The van der Waals surface area contributed by atoms with E-state index in [1.54, 1.807) is 19.1 Å². The average molecular weight is 279 g/mol. The highest BCUT2D eigenvalue weighted by molar-refractivity contribution is 5.85. The lowest BCUT2D eigenvalue weighted by atomic mass is 9.96. The van der Waals surface area contributed by atoms with Gasteiger partial charge in [-0.25, -0.2) is 4.79 Å². The van der Waals surface area contributed by atoms with Crippen molar-refractivity contribution >= 4 is 11.9 Å². The number of hydrogen-bond donors (Lipinski definition) is 3. The van der Waals surface area contributed by atoms with E-state index < -0.39 is 12.0 Å². The van der Waals surface area contributed by atoms with Gasteiger partial charge in [0.15, 0.2) is 0 Å². The van der Waals surface area contributed by atoms with Gasteiger partial charge in [0.1, 0.15) is 11.8 Å². The van der Waals surface area contributed by atoms with Crippen molar-refractivity contribution in [1.29, 1.82) is 0 Å². The van der Waals surface area contributed by atoms with Crippen LogP contribution in [-0.4, -0.2) is 28.1 Å². The van der Waals surface area contributed by atoms with Gasteiger partial charge in [-0.05, 0) is 23.6 Å². The van der Waals surface area contributed by atoms with Gasteiger partial charge in [0.05, 0.1) is 0 Å². The summed E-state index contributed by atoms with van der Waals surface area (Å²) in [6.45, 7) is 5.61. The normalized spacial score (nSPS) is 13.8. The number of benzene rings is 1. The first kappa shape index (κ1) is 16.0. The molecule has 0 fully saturated rings. The van der Waals surface area contributed by atoms with Gasteiger partial charge >= 0.3 is 5.97 Å². The van der Waals surface area contributed by atoms with Crippen molar-refractivity contribution in [3.63, 3.8) is 0 Å². The van der Waals surface area contributed by atoms with E-state index in [1.165, 1.54) is 12.1 Å². The van der Waals surface area contributed by atoms with Crippen molar-refractivity contribution in [3.05, 3.63) is 29.8 Å². The summed E-state index contributed by atoms with van der Waals surface area (Å²) in [6.07, 6.45) is 0.187. The van der Waals surface area contributed by atoms with E-state index >= 15 is 0 Å². The van der Waals surface area contributed by atoms with Crippen LogP contribution in [0.1, 0.15) is 26.3 Å². The maximum absolute atomic E-state index is 11.9. The lowest BCUT2D eigenvalue weighted by molar-refractivity contribution is -0.142. The molecule has 5 nitrogen and oxygen atoms in total. The Morgan fingerprint density at radius 2 is 1.70 bits per heavy atom. The van der Waals surface area contributed by atoms with Crippen molar-refractivity contribution in [3.8, 4) is 5.75 Å². The predicted molar refractivity (Wildman–Crippen MR) is 75.4 cm³/mol. The number of aliphatic carboxylic acids is 1. The van der Waals surface area contributed by atoms with Gasteiger partial charge in [-0.15, -0.1) is 0 Å². The molecular weight excluding hydrogens is 258 g/mol. The maximum Gasteiger partial charge on any atom is 0.326 e. The number of hydrogen-bond acceptors (Lipinski definition) is 3. The van der Waals surface area contributed by atoms with E-state index in [2.05, 4.69) is 5.32 Å². The molecular formula is C15H21NO4. The predicted octanol–water partition coefficient (Wildman–Crippen LogP) is 1.80. The third-order valence-electron chi connectivity index (χ3n) is 3.40. The Bertz CT molecular complexity index is 467. The van der Waals surface area contributed by atoms with E-state index in [4.69, 9.17) is 0 Å². The van der Waals surface area contributed by atoms with Crippen molar-refractivity contribution in [2.45, 2.75) is 33.2 Å². The summed E-state index contributed by atoms with van der Waals surface area (Å²) in [5, 5.41) is 20.9. The summed E-state index contributed by atoms with van der Waals surface area (Å²) < 4.78 is 0. The Kier molecular flexibility index (Phi) is 5.55.